The van der Waals surface area contributed by atoms with E-state index < -0.39 is 0 Å². The van der Waals surface area contributed by atoms with Crippen molar-refractivity contribution in [1.82, 2.24) is 5.32 Å². The molecule has 9 heavy (non-hydrogen) atoms. The quantitative estimate of drug-likeness (QED) is 0.593. The standard InChI is InChI=1S/C7H16NP/c1-6(5-8-3)7(2)9-4/h6,8-9H,2,5H2,1,3-4H3. The zero-order valence-electron chi connectivity index (χ0n) is 6.49. The first-order valence-corrected chi connectivity index (χ1v) is 4.73. The van der Waals surface area contributed by atoms with Crippen LogP contribution >= 0.6 is 8.58 Å². The van der Waals surface area contributed by atoms with Crippen LogP contribution in [0, 0.1) is 5.92 Å². The fourth-order valence-electron chi connectivity index (χ4n) is 0.676. The topological polar surface area (TPSA) is 12.0 Å². The molecular weight excluding hydrogens is 129 g/mol. The van der Waals surface area contributed by atoms with Gasteiger partial charge in [-0.25, -0.2) is 0 Å². The first-order valence-electron chi connectivity index (χ1n) is 3.23. The molecule has 0 aromatic heterocycles. The molecule has 2 atom stereocenters. The lowest BCUT2D eigenvalue weighted by Crippen LogP contribution is -2.16. The predicted octanol–water partition coefficient (Wildman–Crippen LogP) is 1.66. The van der Waals surface area contributed by atoms with Gasteiger partial charge in [0.05, 0.1) is 0 Å². The smallest absolute Gasteiger partial charge is 0.00145 e. The van der Waals surface area contributed by atoms with Gasteiger partial charge >= 0.3 is 0 Å². The highest BCUT2D eigenvalue weighted by molar-refractivity contribution is 7.42. The average molecular weight is 145 g/mol. The maximum absolute atomic E-state index is 3.96. The Morgan fingerprint density at radius 3 is 2.67 bits per heavy atom. The first-order chi connectivity index (χ1) is 4.22. The van der Waals surface area contributed by atoms with Crippen molar-refractivity contribution in [2.75, 3.05) is 20.3 Å². The lowest BCUT2D eigenvalue weighted by Gasteiger charge is -2.11. The summed E-state index contributed by atoms with van der Waals surface area (Å²) in [4.78, 5) is 0. The number of nitrogens with one attached hydrogen (secondary N) is 1. The van der Waals surface area contributed by atoms with Gasteiger partial charge in [-0.3, -0.25) is 0 Å². The van der Waals surface area contributed by atoms with Crippen molar-refractivity contribution in [3.8, 4) is 0 Å². The molecule has 0 fully saturated rings. The Hall–Kier alpha value is 0.130. The van der Waals surface area contributed by atoms with E-state index in [-0.39, 0.29) is 0 Å². The molecule has 0 bridgehead atoms. The second kappa shape index (κ2) is 4.96. The minimum Gasteiger partial charge on any atom is -0.319 e. The number of hydrogen-bond acceptors (Lipinski definition) is 1. The third kappa shape index (κ3) is 3.66. The Morgan fingerprint density at radius 1 is 1.78 bits per heavy atom. The predicted molar refractivity (Wildman–Crippen MR) is 46.5 cm³/mol. The molecule has 0 saturated carbocycles. The van der Waals surface area contributed by atoms with Gasteiger partial charge in [-0.2, -0.15) is 0 Å². The van der Waals surface area contributed by atoms with Crippen LogP contribution in [-0.4, -0.2) is 20.3 Å². The van der Waals surface area contributed by atoms with E-state index in [2.05, 4.69) is 25.5 Å². The molecule has 54 valence electrons. The van der Waals surface area contributed by atoms with E-state index in [1.165, 1.54) is 5.31 Å². The van der Waals surface area contributed by atoms with Crippen molar-refractivity contribution in [2.45, 2.75) is 6.92 Å². The van der Waals surface area contributed by atoms with Crippen LogP contribution in [0.3, 0.4) is 0 Å². The van der Waals surface area contributed by atoms with Crippen molar-refractivity contribution in [3.05, 3.63) is 11.9 Å². The molecule has 0 aromatic carbocycles. The van der Waals surface area contributed by atoms with Crippen molar-refractivity contribution >= 4 is 8.58 Å². The number of rotatable bonds is 4. The van der Waals surface area contributed by atoms with Crippen molar-refractivity contribution in [1.29, 1.82) is 0 Å². The molecule has 0 rings (SSSR count). The summed E-state index contributed by atoms with van der Waals surface area (Å²) in [6, 6.07) is 0. The van der Waals surface area contributed by atoms with Gasteiger partial charge in [-0.15, -0.1) is 0 Å². The summed E-state index contributed by atoms with van der Waals surface area (Å²) in [7, 11) is 2.86. The van der Waals surface area contributed by atoms with E-state index in [4.69, 9.17) is 0 Å². The van der Waals surface area contributed by atoms with E-state index in [1.807, 2.05) is 7.05 Å². The van der Waals surface area contributed by atoms with Crippen LogP contribution in [0.25, 0.3) is 0 Å². The lowest BCUT2D eigenvalue weighted by atomic mass is 10.2. The molecule has 0 amide bonds. The summed E-state index contributed by atoms with van der Waals surface area (Å²) in [5.41, 5.74) is 0. The first kappa shape index (κ1) is 9.13. The van der Waals surface area contributed by atoms with Gasteiger partial charge in [0.25, 0.3) is 0 Å². The van der Waals surface area contributed by atoms with Crippen LogP contribution in [-0.2, 0) is 0 Å². The fraction of sp³-hybridized carbons (Fsp3) is 0.714. The molecule has 1 N–H and O–H groups in total. The van der Waals surface area contributed by atoms with Crippen LogP contribution in [0.4, 0.5) is 0 Å². The molecule has 0 saturated heterocycles. The van der Waals surface area contributed by atoms with Crippen molar-refractivity contribution < 1.29 is 0 Å². The van der Waals surface area contributed by atoms with Gasteiger partial charge in [0, 0.05) is 6.54 Å². The molecular formula is C7H16NP. The molecule has 1 nitrogen and oxygen atoms in total. The Morgan fingerprint density at radius 2 is 2.33 bits per heavy atom. The average Bonchev–Trinajstić information content (AvgIpc) is 1.87. The second-order valence-corrected chi connectivity index (χ2v) is 3.38. The minimum absolute atomic E-state index is 0.637. The van der Waals surface area contributed by atoms with Gasteiger partial charge < -0.3 is 5.32 Å². The largest absolute Gasteiger partial charge is 0.319 e. The molecule has 0 aliphatic carbocycles. The van der Waals surface area contributed by atoms with Crippen LogP contribution < -0.4 is 5.32 Å². The summed E-state index contributed by atoms with van der Waals surface area (Å²) < 4.78 is 0. The summed E-state index contributed by atoms with van der Waals surface area (Å²) in [6.07, 6.45) is 0. The molecule has 2 unspecified atom stereocenters. The Bertz CT molecular complexity index is 90.9. The molecule has 2 heteroatoms. The Kier molecular flexibility index (Phi) is 5.03. The van der Waals surface area contributed by atoms with E-state index in [0.717, 1.165) is 15.1 Å². The maximum atomic E-state index is 3.96. The lowest BCUT2D eigenvalue weighted by molar-refractivity contribution is 0.643. The third-order valence-corrected chi connectivity index (χ3v) is 2.56. The zero-order valence-corrected chi connectivity index (χ0v) is 7.49. The minimum atomic E-state index is 0.637. The fourth-order valence-corrected chi connectivity index (χ4v) is 1.27. The van der Waals surface area contributed by atoms with Crippen LogP contribution in [0.2, 0.25) is 0 Å². The molecule has 0 spiro atoms. The summed E-state index contributed by atoms with van der Waals surface area (Å²) in [6.45, 7) is 9.40. The second-order valence-electron chi connectivity index (χ2n) is 2.23. The number of hydrogen-bond donors (Lipinski definition) is 1. The molecule has 0 aliphatic rings. The van der Waals surface area contributed by atoms with Gasteiger partial charge in [-0.1, -0.05) is 27.4 Å². The van der Waals surface area contributed by atoms with Crippen LogP contribution in [0.15, 0.2) is 11.9 Å². The Balaban J connectivity index is 3.45. The SMILES string of the molecule is C=C(PC)C(C)CNC. The van der Waals surface area contributed by atoms with E-state index in [1.54, 1.807) is 0 Å². The van der Waals surface area contributed by atoms with Crippen LogP contribution in [0.5, 0.6) is 0 Å². The molecule has 0 aromatic rings. The normalized spacial score (nSPS) is 14.6. The summed E-state index contributed by atoms with van der Waals surface area (Å²) >= 11 is 0. The van der Waals surface area contributed by atoms with Gasteiger partial charge in [-0.05, 0) is 19.6 Å². The van der Waals surface area contributed by atoms with Crippen LogP contribution in [0.1, 0.15) is 6.92 Å². The highest BCUT2D eigenvalue weighted by atomic mass is 31.1. The molecule has 0 aliphatic heterocycles. The third-order valence-electron chi connectivity index (χ3n) is 1.43. The summed E-state index contributed by atoms with van der Waals surface area (Å²) in [5, 5.41) is 4.49. The monoisotopic (exact) mass is 145 g/mol. The molecule has 0 radical (unpaired) electrons. The van der Waals surface area contributed by atoms with Crippen molar-refractivity contribution in [2.24, 2.45) is 5.92 Å². The zero-order chi connectivity index (χ0) is 7.28. The maximum Gasteiger partial charge on any atom is 0.00145 e. The summed E-state index contributed by atoms with van der Waals surface area (Å²) in [5.74, 6) is 0.637. The van der Waals surface area contributed by atoms with E-state index in [0.29, 0.717) is 5.92 Å². The molecule has 0 heterocycles. The van der Waals surface area contributed by atoms with Gasteiger partial charge in [0.1, 0.15) is 0 Å². The highest BCUT2D eigenvalue weighted by Gasteiger charge is 2.01. The van der Waals surface area contributed by atoms with E-state index in [9.17, 15) is 0 Å². The highest BCUT2D eigenvalue weighted by Crippen LogP contribution is 2.23. The van der Waals surface area contributed by atoms with Crippen molar-refractivity contribution in [3.63, 3.8) is 0 Å². The van der Waals surface area contributed by atoms with Gasteiger partial charge in [0.2, 0.25) is 0 Å². The van der Waals surface area contributed by atoms with E-state index >= 15 is 0 Å². The Labute approximate surface area is 59.7 Å². The van der Waals surface area contributed by atoms with Gasteiger partial charge in [0.15, 0.2) is 0 Å².